The molecule has 3 rings (SSSR count). The van der Waals surface area contributed by atoms with Gasteiger partial charge in [0, 0.05) is 11.9 Å². The van der Waals surface area contributed by atoms with Gasteiger partial charge in [0.2, 0.25) is 0 Å². The van der Waals surface area contributed by atoms with Gasteiger partial charge in [-0.3, -0.25) is 0 Å². The number of nitriles is 1. The van der Waals surface area contributed by atoms with Gasteiger partial charge in [-0.15, -0.1) is 4.91 Å². The van der Waals surface area contributed by atoms with Crippen molar-refractivity contribution in [3.63, 3.8) is 0 Å². The van der Waals surface area contributed by atoms with Gasteiger partial charge < -0.3 is 14.1 Å². The molecular formula is C20H20N4O3. The summed E-state index contributed by atoms with van der Waals surface area (Å²) in [5.41, 5.74) is 3.32. The lowest BCUT2D eigenvalue weighted by Gasteiger charge is -2.12. The minimum absolute atomic E-state index is 0.483. The Morgan fingerprint density at radius 3 is 2.44 bits per heavy atom. The topological polar surface area (TPSA) is 79.8 Å². The molecule has 3 aromatic rings. The normalized spacial score (nSPS) is 10.4. The molecule has 0 aliphatic heterocycles. The van der Waals surface area contributed by atoms with Crippen molar-refractivity contribution in [2.75, 3.05) is 13.7 Å². The number of rotatable bonds is 7. The molecule has 0 spiro atoms. The van der Waals surface area contributed by atoms with E-state index < -0.39 is 0 Å². The number of aryl methyl sites for hydroxylation is 1. The van der Waals surface area contributed by atoms with Crippen LogP contribution in [0.3, 0.4) is 0 Å². The van der Waals surface area contributed by atoms with E-state index in [1.54, 1.807) is 12.1 Å². The molecule has 1 heterocycles. The summed E-state index contributed by atoms with van der Waals surface area (Å²) in [6.45, 7) is 5.26. The highest BCUT2D eigenvalue weighted by Gasteiger charge is 2.18. The fourth-order valence-corrected chi connectivity index (χ4v) is 3.17. The summed E-state index contributed by atoms with van der Waals surface area (Å²) in [6.07, 6.45) is 0. The van der Waals surface area contributed by atoms with Gasteiger partial charge in [0.05, 0.1) is 35.7 Å². The van der Waals surface area contributed by atoms with Crippen LogP contribution in [0.2, 0.25) is 0 Å². The lowest BCUT2D eigenvalue weighted by Crippen LogP contribution is -2.14. The van der Waals surface area contributed by atoms with Gasteiger partial charge in [-0.25, -0.2) is 0 Å². The molecule has 0 N–H and O–H groups in total. The van der Waals surface area contributed by atoms with E-state index in [9.17, 15) is 10.2 Å². The molecule has 0 fully saturated rings. The molecule has 2 aromatic carbocycles. The van der Waals surface area contributed by atoms with E-state index in [2.05, 4.69) is 15.9 Å². The maximum atomic E-state index is 10.4. The molecule has 138 valence electrons. The molecule has 0 atom stereocenters. The monoisotopic (exact) mass is 364 g/mol. The second kappa shape index (κ2) is 7.79. The van der Waals surface area contributed by atoms with Gasteiger partial charge in [-0.05, 0) is 61.9 Å². The van der Waals surface area contributed by atoms with Crippen LogP contribution < -0.4 is 9.57 Å². The van der Waals surface area contributed by atoms with E-state index in [1.807, 2.05) is 44.2 Å². The summed E-state index contributed by atoms with van der Waals surface area (Å²) < 4.78 is 7.70. The summed E-state index contributed by atoms with van der Waals surface area (Å²) >= 11 is 0. The van der Waals surface area contributed by atoms with Crippen molar-refractivity contribution in [1.82, 2.24) is 9.74 Å². The fourth-order valence-electron chi connectivity index (χ4n) is 3.17. The maximum absolute atomic E-state index is 10.4. The zero-order valence-electron chi connectivity index (χ0n) is 15.5. The molecule has 1 aromatic heterocycles. The summed E-state index contributed by atoms with van der Waals surface area (Å²) in [5, 5.41) is 14.2. The molecule has 0 bridgehead atoms. The Hall–Kier alpha value is -3.53. The third kappa shape index (κ3) is 3.42. The lowest BCUT2D eigenvalue weighted by molar-refractivity contribution is -0.0316. The highest BCUT2D eigenvalue weighted by Crippen LogP contribution is 2.36. The van der Waals surface area contributed by atoms with Gasteiger partial charge >= 0.3 is 0 Å². The van der Waals surface area contributed by atoms with Gasteiger partial charge in [0.25, 0.3) is 0 Å². The van der Waals surface area contributed by atoms with Gasteiger partial charge in [-0.1, -0.05) is 5.17 Å². The van der Waals surface area contributed by atoms with E-state index in [4.69, 9.17) is 9.57 Å². The van der Waals surface area contributed by atoms with Crippen LogP contribution in [0, 0.1) is 16.2 Å². The van der Waals surface area contributed by atoms with Crippen molar-refractivity contribution in [3.8, 4) is 28.8 Å². The third-order valence-electron chi connectivity index (χ3n) is 4.25. The first kappa shape index (κ1) is 18.3. The van der Waals surface area contributed by atoms with Crippen LogP contribution in [-0.2, 0) is 6.54 Å². The van der Waals surface area contributed by atoms with E-state index in [-0.39, 0.29) is 0 Å². The van der Waals surface area contributed by atoms with Crippen LogP contribution in [0.1, 0.15) is 19.4 Å². The Morgan fingerprint density at radius 2 is 1.85 bits per heavy atom. The average Bonchev–Trinajstić information content (AvgIpc) is 3.01. The maximum Gasteiger partial charge on any atom is 0.157 e. The lowest BCUT2D eigenvalue weighted by atomic mass is 10.1. The van der Waals surface area contributed by atoms with E-state index in [0.29, 0.717) is 17.9 Å². The number of nitroso groups, excluding NO2 is 1. The van der Waals surface area contributed by atoms with Gasteiger partial charge in [-0.2, -0.15) is 5.26 Å². The van der Waals surface area contributed by atoms with Crippen molar-refractivity contribution in [1.29, 1.82) is 5.26 Å². The number of fused-ring (bicyclic) bond motifs is 1. The zero-order chi connectivity index (χ0) is 19.4. The standard InChI is InChI=1S/C20H20N4O3/c1-4-24-19-11-10-16(26-5-2)12-17(19)18(13-21)20(24)14-6-8-15(9-7-14)27-23(3)22-25/h6-12H,4-5H2,1-3H3. The predicted octanol–water partition coefficient (Wildman–Crippen LogP) is 4.51. The zero-order valence-corrected chi connectivity index (χ0v) is 15.5. The van der Waals surface area contributed by atoms with Crippen LogP contribution in [0.15, 0.2) is 47.8 Å². The summed E-state index contributed by atoms with van der Waals surface area (Å²) in [5.74, 6) is 1.23. The molecular weight excluding hydrogens is 344 g/mol. The highest BCUT2D eigenvalue weighted by molar-refractivity contribution is 5.95. The molecule has 0 aliphatic rings. The quantitative estimate of drug-likeness (QED) is 0.455. The van der Waals surface area contributed by atoms with Crippen LogP contribution in [0.4, 0.5) is 0 Å². The van der Waals surface area contributed by atoms with Crippen LogP contribution in [0.5, 0.6) is 11.5 Å². The van der Waals surface area contributed by atoms with E-state index in [0.717, 1.165) is 39.6 Å². The first-order valence-electron chi connectivity index (χ1n) is 8.67. The predicted molar refractivity (Wildman–Crippen MR) is 103 cm³/mol. The number of ether oxygens (including phenoxy) is 1. The van der Waals surface area contributed by atoms with Crippen molar-refractivity contribution in [2.45, 2.75) is 20.4 Å². The number of nitrogens with zero attached hydrogens (tertiary/aromatic N) is 4. The first-order chi connectivity index (χ1) is 13.1. The Morgan fingerprint density at radius 1 is 1.15 bits per heavy atom. The van der Waals surface area contributed by atoms with Gasteiger partial charge in [0.1, 0.15) is 11.8 Å². The smallest absolute Gasteiger partial charge is 0.157 e. The largest absolute Gasteiger partial charge is 0.494 e. The van der Waals surface area contributed by atoms with Crippen molar-refractivity contribution < 1.29 is 9.57 Å². The summed E-state index contributed by atoms with van der Waals surface area (Å²) in [4.78, 5) is 15.7. The number of hydrogen-bond donors (Lipinski definition) is 0. The van der Waals surface area contributed by atoms with Crippen LogP contribution >= 0.6 is 0 Å². The van der Waals surface area contributed by atoms with E-state index >= 15 is 0 Å². The molecule has 7 nitrogen and oxygen atoms in total. The molecule has 0 amide bonds. The Labute approximate surface area is 157 Å². The van der Waals surface area contributed by atoms with Crippen LogP contribution in [0.25, 0.3) is 22.2 Å². The number of aromatic nitrogens is 1. The number of benzene rings is 2. The number of hydrogen-bond acceptors (Lipinski definition) is 5. The third-order valence-corrected chi connectivity index (χ3v) is 4.25. The molecule has 0 saturated heterocycles. The second-order valence-electron chi connectivity index (χ2n) is 5.85. The Balaban J connectivity index is 2.12. The second-order valence-corrected chi connectivity index (χ2v) is 5.85. The molecule has 0 unspecified atom stereocenters. The van der Waals surface area contributed by atoms with Gasteiger partial charge in [0.15, 0.2) is 5.75 Å². The Kier molecular flexibility index (Phi) is 5.27. The molecule has 0 radical (unpaired) electrons. The van der Waals surface area contributed by atoms with Crippen molar-refractivity contribution >= 4 is 10.9 Å². The molecule has 7 heteroatoms. The van der Waals surface area contributed by atoms with E-state index in [1.165, 1.54) is 7.05 Å². The Bertz CT molecular complexity index is 1000. The fraction of sp³-hybridized carbons (Fsp3) is 0.250. The highest BCUT2D eigenvalue weighted by atomic mass is 16.7. The molecule has 0 saturated carbocycles. The average molecular weight is 364 g/mol. The summed E-state index contributed by atoms with van der Waals surface area (Å²) in [7, 11) is 1.42. The van der Waals surface area contributed by atoms with Crippen molar-refractivity contribution in [3.05, 3.63) is 52.9 Å². The molecule has 27 heavy (non-hydrogen) atoms. The van der Waals surface area contributed by atoms with Crippen molar-refractivity contribution in [2.24, 2.45) is 5.29 Å². The van der Waals surface area contributed by atoms with Crippen LogP contribution in [-0.4, -0.2) is 23.4 Å². The first-order valence-corrected chi connectivity index (χ1v) is 8.67. The number of hydroxylamine groups is 1. The minimum Gasteiger partial charge on any atom is -0.494 e. The summed E-state index contributed by atoms with van der Waals surface area (Å²) in [6, 6.07) is 15.4. The SMILES string of the molecule is CCOc1ccc2c(c1)c(C#N)c(-c1ccc(ON(C)N=O)cc1)n2CC. The minimum atomic E-state index is 0.483. The molecule has 0 aliphatic carbocycles.